The Hall–Kier alpha value is -1.13. The Morgan fingerprint density at radius 1 is 1.42 bits per heavy atom. The summed E-state index contributed by atoms with van der Waals surface area (Å²) < 4.78 is 38.7. The van der Waals surface area contributed by atoms with Crippen molar-refractivity contribution in [2.75, 3.05) is 0 Å². The highest BCUT2D eigenvalue weighted by Crippen LogP contribution is 2.26. The molecular weight excluding hydrogens is 171 g/mol. The molecule has 2 nitrogen and oxygen atoms in total. The van der Waals surface area contributed by atoms with E-state index in [1.54, 1.807) is 6.08 Å². The lowest BCUT2D eigenvalue weighted by atomic mass is 10.1. The van der Waals surface area contributed by atoms with Crippen molar-refractivity contribution < 1.29 is 17.9 Å². The summed E-state index contributed by atoms with van der Waals surface area (Å²) >= 11 is 0. The minimum Gasteiger partial charge on any atom is -0.408 e. The number of ether oxygens (including phenoxy) is 1. The van der Waals surface area contributed by atoms with Gasteiger partial charge in [0, 0.05) is 6.42 Å². The molecule has 0 radical (unpaired) electrons. The Kier molecular flexibility index (Phi) is 2.30. The summed E-state index contributed by atoms with van der Waals surface area (Å²) in [5.74, 6) is -0.190. The van der Waals surface area contributed by atoms with Crippen LogP contribution in [0.5, 0.6) is 0 Å². The summed E-state index contributed by atoms with van der Waals surface area (Å²) in [6.07, 6.45) is -0.762. The van der Waals surface area contributed by atoms with E-state index in [-0.39, 0.29) is 17.9 Å². The molecule has 5 heteroatoms. The second-order valence-corrected chi connectivity index (χ2v) is 2.37. The van der Waals surface area contributed by atoms with Crippen LogP contribution in [0.1, 0.15) is 12.8 Å². The number of hydrogen-bond donors (Lipinski definition) is 1. The molecule has 0 fully saturated rings. The molecular formula is C7H8F3NO. The number of rotatable bonds is 1. The fourth-order valence-electron chi connectivity index (χ4n) is 0.912. The first-order valence-corrected chi connectivity index (χ1v) is 3.40. The molecule has 0 heterocycles. The molecule has 0 aliphatic heterocycles. The molecule has 0 amide bonds. The van der Waals surface area contributed by atoms with Gasteiger partial charge in [-0.05, 0) is 12.5 Å². The first-order valence-electron chi connectivity index (χ1n) is 3.40. The van der Waals surface area contributed by atoms with Gasteiger partial charge in [-0.25, -0.2) is 0 Å². The number of nitrogens with two attached hydrogens (primary N) is 1. The van der Waals surface area contributed by atoms with E-state index in [4.69, 9.17) is 5.73 Å². The van der Waals surface area contributed by atoms with E-state index in [1.807, 2.05) is 0 Å². The first kappa shape index (κ1) is 8.96. The van der Waals surface area contributed by atoms with E-state index < -0.39 is 6.36 Å². The number of halogens is 3. The van der Waals surface area contributed by atoms with Crippen LogP contribution in [0.3, 0.4) is 0 Å². The van der Waals surface area contributed by atoms with Gasteiger partial charge in [0.2, 0.25) is 0 Å². The Morgan fingerprint density at radius 2 is 2.08 bits per heavy atom. The summed E-state index contributed by atoms with van der Waals surface area (Å²) in [5.41, 5.74) is 5.31. The highest BCUT2D eigenvalue weighted by atomic mass is 19.4. The van der Waals surface area contributed by atoms with Gasteiger partial charge in [0.15, 0.2) is 0 Å². The minimum atomic E-state index is -4.63. The SMILES string of the molecule is NC1=C(OC(F)(F)F)CCC=C1. The van der Waals surface area contributed by atoms with Crippen LogP contribution in [0.15, 0.2) is 23.6 Å². The summed E-state index contributed by atoms with van der Waals surface area (Å²) in [6, 6.07) is 0. The first-order chi connectivity index (χ1) is 5.49. The Balaban J connectivity index is 2.68. The van der Waals surface area contributed by atoms with Crippen molar-refractivity contribution in [1.29, 1.82) is 0 Å². The van der Waals surface area contributed by atoms with E-state index in [0.717, 1.165) is 0 Å². The minimum absolute atomic E-state index is 0.0542. The predicted molar refractivity (Wildman–Crippen MR) is 36.7 cm³/mol. The van der Waals surface area contributed by atoms with Crippen LogP contribution in [0.2, 0.25) is 0 Å². The summed E-state index contributed by atoms with van der Waals surface area (Å²) in [6.45, 7) is 0. The third-order valence-electron chi connectivity index (χ3n) is 1.40. The van der Waals surface area contributed by atoms with Crippen LogP contribution in [0, 0.1) is 0 Å². The second kappa shape index (κ2) is 3.08. The molecule has 12 heavy (non-hydrogen) atoms. The molecule has 68 valence electrons. The lowest BCUT2D eigenvalue weighted by Gasteiger charge is -2.15. The third-order valence-corrected chi connectivity index (χ3v) is 1.40. The van der Waals surface area contributed by atoms with Crippen molar-refractivity contribution in [3.05, 3.63) is 23.6 Å². The zero-order valence-electron chi connectivity index (χ0n) is 6.19. The van der Waals surface area contributed by atoms with E-state index in [1.165, 1.54) is 6.08 Å². The maximum atomic E-state index is 11.7. The second-order valence-electron chi connectivity index (χ2n) is 2.37. The quantitative estimate of drug-likeness (QED) is 0.668. The van der Waals surface area contributed by atoms with Gasteiger partial charge in [0.25, 0.3) is 0 Å². The number of hydrogen-bond acceptors (Lipinski definition) is 2. The van der Waals surface area contributed by atoms with Crippen LogP contribution in [-0.2, 0) is 4.74 Å². The maximum Gasteiger partial charge on any atom is 0.572 e. The van der Waals surface area contributed by atoms with Crippen LogP contribution >= 0.6 is 0 Å². The van der Waals surface area contributed by atoms with Gasteiger partial charge in [0.1, 0.15) is 5.76 Å². The van der Waals surface area contributed by atoms with Crippen LogP contribution in [0.4, 0.5) is 13.2 Å². The van der Waals surface area contributed by atoms with Crippen molar-refractivity contribution in [3.8, 4) is 0 Å². The van der Waals surface area contributed by atoms with Gasteiger partial charge >= 0.3 is 6.36 Å². The van der Waals surface area contributed by atoms with Gasteiger partial charge in [-0.3, -0.25) is 0 Å². The Bertz CT molecular complexity index is 229. The Labute approximate surface area is 67.5 Å². The van der Waals surface area contributed by atoms with Crippen molar-refractivity contribution in [3.63, 3.8) is 0 Å². The van der Waals surface area contributed by atoms with E-state index in [2.05, 4.69) is 4.74 Å². The van der Waals surface area contributed by atoms with Crippen molar-refractivity contribution in [1.82, 2.24) is 0 Å². The van der Waals surface area contributed by atoms with Gasteiger partial charge in [-0.1, -0.05) is 6.08 Å². The standard InChI is InChI=1S/C7H8F3NO/c8-7(9,10)12-6-4-2-1-3-5(6)11/h1,3H,2,4,11H2. The fraction of sp³-hybridized carbons (Fsp3) is 0.429. The molecule has 0 spiro atoms. The van der Waals surface area contributed by atoms with Crippen LogP contribution in [0.25, 0.3) is 0 Å². The van der Waals surface area contributed by atoms with Crippen molar-refractivity contribution in [2.24, 2.45) is 5.73 Å². The molecule has 0 unspecified atom stereocenters. The molecule has 0 aromatic heterocycles. The zero-order valence-corrected chi connectivity index (χ0v) is 6.19. The van der Waals surface area contributed by atoms with E-state index in [9.17, 15) is 13.2 Å². The van der Waals surface area contributed by atoms with Crippen molar-refractivity contribution >= 4 is 0 Å². The predicted octanol–water partition coefficient (Wildman–Crippen LogP) is 2.04. The molecule has 0 saturated carbocycles. The molecule has 2 N–H and O–H groups in total. The lowest BCUT2D eigenvalue weighted by Crippen LogP contribution is -2.17. The smallest absolute Gasteiger partial charge is 0.408 e. The molecule has 0 saturated heterocycles. The molecule has 1 aliphatic carbocycles. The number of allylic oxidation sites excluding steroid dienone is 3. The van der Waals surface area contributed by atoms with Gasteiger partial charge in [0.05, 0.1) is 5.70 Å². The third kappa shape index (κ3) is 2.48. The molecule has 1 aliphatic rings. The average Bonchev–Trinajstić information content (AvgIpc) is 1.91. The normalized spacial score (nSPS) is 18.2. The zero-order chi connectivity index (χ0) is 9.19. The molecule has 0 aromatic rings. The topological polar surface area (TPSA) is 35.2 Å². The highest BCUT2D eigenvalue weighted by Gasteiger charge is 2.32. The van der Waals surface area contributed by atoms with Crippen molar-refractivity contribution in [2.45, 2.75) is 19.2 Å². The highest BCUT2D eigenvalue weighted by molar-refractivity contribution is 5.22. The van der Waals surface area contributed by atoms with Crippen LogP contribution < -0.4 is 5.73 Å². The maximum absolute atomic E-state index is 11.7. The number of alkyl halides is 3. The van der Waals surface area contributed by atoms with E-state index >= 15 is 0 Å². The largest absolute Gasteiger partial charge is 0.572 e. The van der Waals surface area contributed by atoms with Gasteiger partial charge in [-0.2, -0.15) is 0 Å². The van der Waals surface area contributed by atoms with Gasteiger partial charge in [-0.15, -0.1) is 13.2 Å². The monoisotopic (exact) mass is 179 g/mol. The summed E-state index contributed by atoms with van der Waals surface area (Å²) in [5, 5.41) is 0. The fourth-order valence-corrected chi connectivity index (χ4v) is 0.912. The summed E-state index contributed by atoms with van der Waals surface area (Å²) in [4.78, 5) is 0. The van der Waals surface area contributed by atoms with Crippen LogP contribution in [-0.4, -0.2) is 6.36 Å². The lowest BCUT2D eigenvalue weighted by molar-refractivity contribution is -0.306. The average molecular weight is 179 g/mol. The molecule has 1 rings (SSSR count). The van der Waals surface area contributed by atoms with Gasteiger partial charge < -0.3 is 10.5 Å². The van der Waals surface area contributed by atoms with E-state index in [0.29, 0.717) is 6.42 Å². The Morgan fingerprint density at radius 3 is 2.58 bits per heavy atom. The molecule has 0 atom stereocenters. The summed E-state index contributed by atoms with van der Waals surface area (Å²) in [7, 11) is 0. The molecule has 0 bridgehead atoms. The molecule has 0 aromatic carbocycles.